The molecule has 0 bridgehead atoms. The van der Waals surface area contributed by atoms with Gasteiger partial charge < -0.3 is 15.8 Å². The Kier molecular flexibility index (Phi) is 7.62. The molecule has 44 heavy (non-hydrogen) atoms. The monoisotopic (exact) mass is 613 g/mol. The number of rotatable bonds is 9. The number of hydrogen-bond acceptors (Lipinski definition) is 7. The molecule has 4 aromatic heterocycles. The quantitative estimate of drug-likeness (QED) is 0.200. The van der Waals surface area contributed by atoms with Gasteiger partial charge in [-0.25, -0.2) is 18.4 Å². The number of thiophene rings is 1. The number of hydrogen-bond donors (Lipinski definition) is 2. The molecule has 4 heterocycles. The Morgan fingerprint density at radius 3 is 2.41 bits per heavy atom. The molecular formula is C31H25F2N7O3S. The van der Waals surface area contributed by atoms with E-state index in [0.29, 0.717) is 28.0 Å². The molecule has 0 aliphatic heterocycles. The lowest BCUT2D eigenvalue weighted by molar-refractivity contribution is 0.100. The van der Waals surface area contributed by atoms with Crippen molar-refractivity contribution < 1.29 is 23.1 Å². The molecular weight excluding hydrogens is 588 g/mol. The van der Waals surface area contributed by atoms with Crippen molar-refractivity contribution in [1.29, 1.82) is 0 Å². The number of carbonyl (C=O) groups excluding carboxylic acids is 2. The van der Waals surface area contributed by atoms with Crippen LogP contribution in [0.4, 0.5) is 14.5 Å². The standard InChI is InChI=1S/C31H25F2N7O3S/c1-17-22(15-39(2)37-17)21-14-24(28(32)33)35-31-25(21)26(27(44-31)29(34)41)36-30(42)23-12-13-40(38-23)16-43-20-10-8-19(9-11-20)18-6-4-3-5-7-18/h3-15,28H,16H2,1-2H3,(H2,34,41)(H,36,42). The number of aromatic nitrogens is 5. The lowest BCUT2D eigenvalue weighted by Gasteiger charge is -2.10. The topological polar surface area (TPSA) is 130 Å². The number of carbonyl (C=O) groups is 2. The van der Waals surface area contributed by atoms with Gasteiger partial charge in [0.1, 0.15) is 21.2 Å². The molecule has 10 nitrogen and oxygen atoms in total. The van der Waals surface area contributed by atoms with Crippen molar-refractivity contribution in [1.82, 2.24) is 24.5 Å². The Hall–Kier alpha value is -5.43. The summed E-state index contributed by atoms with van der Waals surface area (Å²) in [4.78, 5) is 29.9. The molecule has 3 N–H and O–H groups in total. The van der Waals surface area contributed by atoms with E-state index in [9.17, 15) is 18.4 Å². The van der Waals surface area contributed by atoms with Gasteiger partial charge in [-0.1, -0.05) is 42.5 Å². The lowest BCUT2D eigenvalue weighted by Crippen LogP contribution is -2.17. The average molecular weight is 614 g/mol. The number of amides is 2. The highest BCUT2D eigenvalue weighted by Gasteiger charge is 2.26. The Bertz CT molecular complexity index is 2000. The Balaban J connectivity index is 1.26. The zero-order valence-electron chi connectivity index (χ0n) is 23.5. The van der Waals surface area contributed by atoms with Crippen LogP contribution in [0.3, 0.4) is 0 Å². The molecule has 0 radical (unpaired) electrons. The van der Waals surface area contributed by atoms with Crippen LogP contribution in [-0.4, -0.2) is 36.4 Å². The molecule has 0 saturated heterocycles. The van der Waals surface area contributed by atoms with Crippen molar-refractivity contribution >= 4 is 39.1 Å². The van der Waals surface area contributed by atoms with Crippen LogP contribution < -0.4 is 15.8 Å². The van der Waals surface area contributed by atoms with Gasteiger partial charge in [0.2, 0.25) is 0 Å². The summed E-state index contributed by atoms with van der Waals surface area (Å²) in [5, 5.41) is 11.6. The summed E-state index contributed by atoms with van der Waals surface area (Å²) in [5.74, 6) is -0.853. The zero-order chi connectivity index (χ0) is 31.0. The van der Waals surface area contributed by atoms with E-state index < -0.39 is 23.9 Å². The third kappa shape index (κ3) is 5.64. The largest absolute Gasteiger partial charge is 0.471 e. The van der Waals surface area contributed by atoms with Gasteiger partial charge in [-0.2, -0.15) is 10.2 Å². The second kappa shape index (κ2) is 11.7. The first-order chi connectivity index (χ1) is 21.2. The van der Waals surface area contributed by atoms with Gasteiger partial charge in [0.25, 0.3) is 18.2 Å². The van der Waals surface area contributed by atoms with Gasteiger partial charge >= 0.3 is 0 Å². The van der Waals surface area contributed by atoms with Crippen molar-refractivity contribution in [2.75, 3.05) is 5.32 Å². The van der Waals surface area contributed by atoms with Crippen molar-refractivity contribution in [3.05, 3.63) is 101 Å². The number of ether oxygens (including phenoxy) is 1. The van der Waals surface area contributed by atoms with E-state index in [0.717, 1.165) is 22.5 Å². The van der Waals surface area contributed by atoms with Crippen molar-refractivity contribution in [2.24, 2.45) is 12.8 Å². The molecule has 6 rings (SSSR count). The lowest BCUT2D eigenvalue weighted by atomic mass is 10.0. The first-order valence-electron chi connectivity index (χ1n) is 13.4. The van der Waals surface area contributed by atoms with Crippen LogP contribution in [0.2, 0.25) is 0 Å². The summed E-state index contributed by atoms with van der Waals surface area (Å²) in [6.07, 6.45) is 0.387. The maximum absolute atomic E-state index is 13.8. The van der Waals surface area contributed by atoms with Crippen molar-refractivity contribution in [2.45, 2.75) is 20.1 Å². The summed E-state index contributed by atoms with van der Waals surface area (Å²) < 4.78 is 36.4. The SMILES string of the molecule is Cc1nn(C)cc1-c1cc(C(F)F)nc2sc(C(N)=O)c(NC(=O)c3ccn(COc4ccc(-c5ccccc5)cc4)n3)c12. The second-order valence-electron chi connectivity index (χ2n) is 9.91. The number of nitrogens with zero attached hydrogens (tertiary/aromatic N) is 5. The van der Waals surface area contributed by atoms with Gasteiger partial charge in [0, 0.05) is 30.4 Å². The molecule has 2 aromatic carbocycles. The smallest absolute Gasteiger partial charge is 0.280 e. The molecule has 222 valence electrons. The predicted molar refractivity (Wildman–Crippen MR) is 163 cm³/mol. The van der Waals surface area contributed by atoms with E-state index in [-0.39, 0.29) is 27.8 Å². The number of halogens is 2. The number of primary amides is 1. The Labute approximate surface area is 253 Å². The van der Waals surface area contributed by atoms with Crippen molar-refractivity contribution in [3.63, 3.8) is 0 Å². The maximum atomic E-state index is 13.8. The normalized spacial score (nSPS) is 11.3. The van der Waals surface area contributed by atoms with Crippen LogP contribution in [0, 0.1) is 6.92 Å². The van der Waals surface area contributed by atoms with E-state index >= 15 is 0 Å². The van der Waals surface area contributed by atoms with Crippen LogP contribution >= 0.6 is 11.3 Å². The summed E-state index contributed by atoms with van der Waals surface area (Å²) in [5.41, 5.74) is 8.88. The molecule has 0 spiro atoms. The van der Waals surface area contributed by atoms with Crippen LogP contribution in [-0.2, 0) is 13.8 Å². The van der Waals surface area contributed by atoms with Crippen LogP contribution in [0.1, 0.15) is 38.0 Å². The number of nitrogens with one attached hydrogen (secondary N) is 1. The minimum atomic E-state index is -2.86. The van der Waals surface area contributed by atoms with Gasteiger partial charge in [-0.15, -0.1) is 11.3 Å². The first-order valence-corrected chi connectivity index (χ1v) is 14.2. The van der Waals surface area contributed by atoms with E-state index in [4.69, 9.17) is 10.5 Å². The number of anilines is 1. The number of fused-ring (bicyclic) bond motifs is 1. The van der Waals surface area contributed by atoms with E-state index in [1.54, 1.807) is 31.0 Å². The van der Waals surface area contributed by atoms with E-state index in [2.05, 4.69) is 20.5 Å². The summed E-state index contributed by atoms with van der Waals surface area (Å²) in [6, 6.07) is 20.3. The third-order valence-corrected chi connectivity index (χ3v) is 7.97. The molecule has 2 amide bonds. The number of nitrogens with two attached hydrogens (primary N) is 1. The highest BCUT2D eigenvalue weighted by molar-refractivity contribution is 7.21. The van der Waals surface area contributed by atoms with Crippen LogP contribution in [0.15, 0.2) is 79.1 Å². The summed E-state index contributed by atoms with van der Waals surface area (Å²) in [6.45, 7) is 1.77. The summed E-state index contributed by atoms with van der Waals surface area (Å²) >= 11 is 0.826. The number of aryl methyl sites for hydroxylation is 2. The molecule has 0 fully saturated rings. The number of alkyl halides is 2. The van der Waals surface area contributed by atoms with E-state index in [1.165, 1.54) is 16.8 Å². The predicted octanol–water partition coefficient (Wildman–Crippen LogP) is 6.19. The van der Waals surface area contributed by atoms with Gasteiger partial charge in [0.05, 0.1) is 11.4 Å². The fourth-order valence-corrected chi connectivity index (χ4v) is 5.86. The third-order valence-electron chi connectivity index (χ3n) is 6.87. The second-order valence-corrected chi connectivity index (χ2v) is 10.9. The molecule has 0 saturated carbocycles. The van der Waals surface area contributed by atoms with E-state index in [1.807, 2.05) is 54.6 Å². The van der Waals surface area contributed by atoms with Crippen LogP contribution in [0.5, 0.6) is 5.75 Å². The Morgan fingerprint density at radius 2 is 1.75 bits per heavy atom. The molecule has 0 unspecified atom stereocenters. The molecule has 0 aliphatic carbocycles. The maximum Gasteiger partial charge on any atom is 0.280 e. The molecule has 6 aromatic rings. The Morgan fingerprint density at radius 1 is 1.02 bits per heavy atom. The number of pyridine rings is 1. The molecule has 0 atom stereocenters. The highest BCUT2D eigenvalue weighted by atomic mass is 32.1. The fraction of sp³-hybridized carbons (Fsp3) is 0.129. The van der Waals surface area contributed by atoms with Crippen LogP contribution in [0.25, 0.3) is 32.5 Å². The van der Waals surface area contributed by atoms with Gasteiger partial charge in [-0.3, -0.25) is 14.3 Å². The first kappa shape index (κ1) is 28.7. The minimum absolute atomic E-state index is 0.0308. The summed E-state index contributed by atoms with van der Waals surface area (Å²) in [7, 11) is 1.70. The van der Waals surface area contributed by atoms with Gasteiger partial charge in [0.15, 0.2) is 12.4 Å². The molecule has 13 heteroatoms. The number of benzene rings is 2. The fourth-order valence-electron chi connectivity index (χ4n) is 4.85. The zero-order valence-corrected chi connectivity index (χ0v) is 24.3. The highest BCUT2D eigenvalue weighted by Crippen LogP contribution is 2.43. The van der Waals surface area contributed by atoms with Crippen molar-refractivity contribution in [3.8, 4) is 28.0 Å². The molecule has 0 aliphatic rings. The van der Waals surface area contributed by atoms with Gasteiger partial charge in [-0.05, 0) is 47.9 Å². The minimum Gasteiger partial charge on any atom is -0.471 e. The average Bonchev–Trinajstić information content (AvgIpc) is 3.73.